The number of fused-ring (bicyclic) bond motifs is 1. The van der Waals surface area contributed by atoms with Crippen LogP contribution in [0.15, 0.2) is 34.7 Å². The molecule has 3 rings (SSSR count). The third-order valence-electron chi connectivity index (χ3n) is 2.44. The van der Waals surface area contributed by atoms with Crippen molar-refractivity contribution in [1.82, 2.24) is 25.0 Å². The Morgan fingerprint density at radius 2 is 2.29 bits per heavy atom. The van der Waals surface area contributed by atoms with E-state index in [2.05, 4.69) is 20.3 Å². The number of rotatable bonds is 2. The zero-order chi connectivity index (χ0) is 11.8. The van der Waals surface area contributed by atoms with Crippen LogP contribution in [0.5, 0.6) is 0 Å². The number of nitrogen functional groups attached to an aromatic ring is 1. The SMILES string of the molecule is Cn1ncnc1Sc1cc2[nH]ncc2cc1N. The highest BCUT2D eigenvalue weighted by atomic mass is 32.2. The maximum absolute atomic E-state index is 5.99. The first-order chi connectivity index (χ1) is 8.24. The molecule has 0 aliphatic rings. The summed E-state index contributed by atoms with van der Waals surface area (Å²) in [6.45, 7) is 0. The maximum Gasteiger partial charge on any atom is 0.190 e. The minimum atomic E-state index is 0.715. The van der Waals surface area contributed by atoms with Gasteiger partial charge in [0.15, 0.2) is 5.16 Å². The van der Waals surface area contributed by atoms with Crippen molar-refractivity contribution in [3.8, 4) is 0 Å². The van der Waals surface area contributed by atoms with E-state index in [0.717, 1.165) is 21.0 Å². The van der Waals surface area contributed by atoms with E-state index in [-0.39, 0.29) is 0 Å². The summed E-state index contributed by atoms with van der Waals surface area (Å²) in [6.07, 6.45) is 3.27. The molecule has 0 unspecified atom stereocenters. The summed E-state index contributed by atoms with van der Waals surface area (Å²) in [5.74, 6) is 0. The van der Waals surface area contributed by atoms with Crippen molar-refractivity contribution in [1.29, 1.82) is 0 Å². The molecule has 0 amide bonds. The van der Waals surface area contributed by atoms with Crippen molar-refractivity contribution in [2.45, 2.75) is 10.1 Å². The van der Waals surface area contributed by atoms with Crippen molar-refractivity contribution >= 4 is 28.4 Å². The van der Waals surface area contributed by atoms with Crippen LogP contribution in [-0.2, 0) is 7.05 Å². The van der Waals surface area contributed by atoms with E-state index in [0.29, 0.717) is 5.69 Å². The minimum Gasteiger partial charge on any atom is -0.398 e. The number of anilines is 1. The molecular weight excluding hydrogens is 236 g/mol. The van der Waals surface area contributed by atoms with Gasteiger partial charge in [0.2, 0.25) is 0 Å². The summed E-state index contributed by atoms with van der Waals surface area (Å²) in [7, 11) is 1.85. The van der Waals surface area contributed by atoms with E-state index < -0.39 is 0 Å². The number of nitrogens with zero attached hydrogens (tertiary/aromatic N) is 4. The van der Waals surface area contributed by atoms with Crippen LogP contribution in [0.2, 0.25) is 0 Å². The van der Waals surface area contributed by atoms with E-state index in [1.807, 2.05) is 19.2 Å². The molecule has 0 fully saturated rings. The molecule has 2 aromatic heterocycles. The van der Waals surface area contributed by atoms with Gasteiger partial charge in [0.05, 0.1) is 11.7 Å². The van der Waals surface area contributed by atoms with Crippen LogP contribution in [0.3, 0.4) is 0 Å². The summed E-state index contributed by atoms with van der Waals surface area (Å²) < 4.78 is 1.71. The van der Waals surface area contributed by atoms with Gasteiger partial charge in [-0.2, -0.15) is 10.2 Å². The largest absolute Gasteiger partial charge is 0.398 e. The second kappa shape index (κ2) is 3.77. The van der Waals surface area contributed by atoms with E-state index in [1.165, 1.54) is 18.1 Å². The average Bonchev–Trinajstić information content (AvgIpc) is 2.89. The predicted molar refractivity (Wildman–Crippen MR) is 65.6 cm³/mol. The van der Waals surface area contributed by atoms with Crippen molar-refractivity contribution in [2.24, 2.45) is 7.05 Å². The molecule has 0 radical (unpaired) electrons. The first-order valence-electron chi connectivity index (χ1n) is 4.98. The molecule has 17 heavy (non-hydrogen) atoms. The van der Waals surface area contributed by atoms with Gasteiger partial charge in [0.25, 0.3) is 0 Å². The number of hydrogen-bond donors (Lipinski definition) is 2. The van der Waals surface area contributed by atoms with E-state index in [9.17, 15) is 0 Å². The van der Waals surface area contributed by atoms with E-state index in [4.69, 9.17) is 5.73 Å². The van der Waals surface area contributed by atoms with Crippen molar-refractivity contribution in [2.75, 3.05) is 5.73 Å². The van der Waals surface area contributed by atoms with Gasteiger partial charge in [-0.15, -0.1) is 0 Å². The van der Waals surface area contributed by atoms with Gasteiger partial charge in [-0.1, -0.05) is 0 Å². The Labute approximate surface area is 101 Å². The van der Waals surface area contributed by atoms with Gasteiger partial charge in [-0.3, -0.25) is 5.10 Å². The molecule has 0 aliphatic carbocycles. The standard InChI is InChI=1S/C10H10N6S/c1-16-10(12-5-14-16)17-9-3-8-6(2-7(9)11)4-13-15-8/h2-5H,11H2,1H3,(H,13,15). The fourth-order valence-corrected chi connectivity index (χ4v) is 2.38. The lowest BCUT2D eigenvalue weighted by Crippen LogP contribution is -1.94. The molecule has 3 aromatic rings. The number of nitrogens with two attached hydrogens (primary N) is 1. The predicted octanol–water partition coefficient (Wildman–Crippen LogP) is 1.42. The molecule has 0 saturated carbocycles. The normalized spacial score (nSPS) is 11.1. The highest BCUT2D eigenvalue weighted by molar-refractivity contribution is 7.99. The number of H-pyrrole nitrogens is 1. The highest BCUT2D eigenvalue weighted by Crippen LogP contribution is 2.32. The third kappa shape index (κ3) is 1.74. The van der Waals surface area contributed by atoms with Gasteiger partial charge in [-0.05, 0) is 23.9 Å². The maximum atomic E-state index is 5.99. The van der Waals surface area contributed by atoms with Gasteiger partial charge in [0.1, 0.15) is 6.33 Å². The quantitative estimate of drug-likeness (QED) is 0.668. The number of aromatic nitrogens is 5. The van der Waals surface area contributed by atoms with E-state index in [1.54, 1.807) is 10.9 Å². The Morgan fingerprint density at radius 3 is 3.06 bits per heavy atom. The molecule has 86 valence electrons. The van der Waals surface area contributed by atoms with Gasteiger partial charge < -0.3 is 5.73 Å². The van der Waals surface area contributed by atoms with Crippen LogP contribution in [-0.4, -0.2) is 25.0 Å². The van der Waals surface area contributed by atoms with Gasteiger partial charge >= 0.3 is 0 Å². The Balaban J connectivity index is 2.05. The number of aryl methyl sites for hydroxylation is 1. The Bertz CT molecular complexity index is 670. The van der Waals surface area contributed by atoms with Crippen molar-refractivity contribution in [3.05, 3.63) is 24.7 Å². The molecule has 2 heterocycles. The average molecular weight is 246 g/mol. The minimum absolute atomic E-state index is 0.715. The van der Waals surface area contributed by atoms with Crippen LogP contribution in [0.1, 0.15) is 0 Å². The zero-order valence-electron chi connectivity index (χ0n) is 9.08. The van der Waals surface area contributed by atoms with Crippen LogP contribution < -0.4 is 5.73 Å². The fourth-order valence-electron chi connectivity index (χ4n) is 1.55. The Morgan fingerprint density at radius 1 is 1.41 bits per heavy atom. The van der Waals surface area contributed by atoms with Gasteiger partial charge in [0, 0.05) is 23.0 Å². The molecule has 0 atom stereocenters. The summed E-state index contributed by atoms with van der Waals surface area (Å²) in [4.78, 5) is 5.10. The molecule has 6 nitrogen and oxygen atoms in total. The summed E-state index contributed by atoms with van der Waals surface area (Å²) >= 11 is 1.48. The smallest absolute Gasteiger partial charge is 0.190 e. The van der Waals surface area contributed by atoms with Gasteiger partial charge in [-0.25, -0.2) is 9.67 Å². The summed E-state index contributed by atoms with van der Waals surface area (Å²) in [5.41, 5.74) is 7.67. The lowest BCUT2D eigenvalue weighted by atomic mass is 10.2. The number of nitrogens with one attached hydrogen (secondary N) is 1. The zero-order valence-corrected chi connectivity index (χ0v) is 9.90. The molecule has 7 heteroatoms. The van der Waals surface area contributed by atoms with Crippen LogP contribution >= 0.6 is 11.8 Å². The van der Waals surface area contributed by atoms with Crippen molar-refractivity contribution < 1.29 is 0 Å². The van der Waals surface area contributed by atoms with Crippen molar-refractivity contribution in [3.63, 3.8) is 0 Å². The summed E-state index contributed by atoms with van der Waals surface area (Å²) in [6, 6.07) is 3.87. The fraction of sp³-hybridized carbons (Fsp3) is 0.100. The first kappa shape index (κ1) is 10.2. The number of hydrogen-bond acceptors (Lipinski definition) is 5. The second-order valence-corrected chi connectivity index (χ2v) is 4.62. The molecule has 0 saturated heterocycles. The molecule has 1 aromatic carbocycles. The van der Waals surface area contributed by atoms with Crippen LogP contribution in [0.4, 0.5) is 5.69 Å². The molecule has 0 aliphatic heterocycles. The first-order valence-corrected chi connectivity index (χ1v) is 5.80. The Kier molecular flexibility index (Phi) is 2.25. The molecule has 0 spiro atoms. The molecular formula is C10H10N6S. The van der Waals surface area contributed by atoms with Crippen LogP contribution in [0, 0.1) is 0 Å². The third-order valence-corrected chi connectivity index (χ3v) is 3.57. The van der Waals surface area contributed by atoms with Crippen LogP contribution in [0.25, 0.3) is 10.9 Å². The lowest BCUT2D eigenvalue weighted by molar-refractivity contribution is 0.685. The topological polar surface area (TPSA) is 85.4 Å². The number of aromatic amines is 1. The number of benzene rings is 1. The highest BCUT2D eigenvalue weighted by Gasteiger charge is 2.08. The van der Waals surface area contributed by atoms with E-state index >= 15 is 0 Å². The molecule has 0 bridgehead atoms. The second-order valence-electron chi connectivity index (χ2n) is 3.62. The monoisotopic (exact) mass is 246 g/mol. The Hall–Kier alpha value is -2.02. The summed E-state index contributed by atoms with van der Waals surface area (Å²) in [5, 5.41) is 12.7. The lowest BCUT2D eigenvalue weighted by Gasteiger charge is -2.04. The molecule has 3 N–H and O–H groups in total.